The molecule has 0 aliphatic carbocycles. The van der Waals surface area contributed by atoms with E-state index in [9.17, 15) is 13.2 Å². The van der Waals surface area contributed by atoms with Gasteiger partial charge in [0.15, 0.2) is 5.58 Å². The maximum absolute atomic E-state index is 12.7. The first-order valence-electron chi connectivity index (χ1n) is 7.26. The number of oxazole rings is 1. The van der Waals surface area contributed by atoms with Gasteiger partial charge in [-0.25, -0.2) is 13.2 Å². The normalized spacial score (nSPS) is 12.5. The minimum Gasteiger partial charge on any atom is -0.408 e. The molecule has 0 saturated heterocycles. The molecule has 3 aromatic rings. The standard InChI is InChI=1S/C14H17N5O4S/c1-9(2)19-8-15-17-13(19)7-18(3)24(21,22)10-4-5-11-12(6-10)23-14(20)16-11/h4-6,8-9H,7H2,1-3H3,(H,16,20). The predicted molar refractivity (Wildman–Crippen MR) is 85.9 cm³/mol. The second-order valence-corrected chi connectivity index (χ2v) is 7.73. The Bertz CT molecular complexity index is 1030. The Morgan fingerprint density at radius 2 is 2.12 bits per heavy atom. The predicted octanol–water partition coefficient (Wildman–Crippen LogP) is 1.11. The molecule has 24 heavy (non-hydrogen) atoms. The molecule has 0 fully saturated rings. The van der Waals surface area contributed by atoms with Gasteiger partial charge >= 0.3 is 5.76 Å². The molecule has 0 amide bonds. The summed E-state index contributed by atoms with van der Waals surface area (Å²) in [7, 11) is -2.30. The highest BCUT2D eigenvalue weighted by atomic mass is 32.2. The van der Waals surface area contributed by atoms with E-state index in [1.807, 2.05) is 13.8 Å². The molecule has 0 radical (unpaired) electrons. The van der Waals surface area contributed by atoms with Crippen molar-refractivity contribution in [3.8, 4) is 0 Å². The van der Waals surface area contributed by atoms with E-state index in [0.717, 1.165) is 0 Å². The third kappa shape index (κ3) is 2.85. The van der Waals surface area contributed by atoms with Crippen LogP contribution in [0.15, 0.2) is 38.6 Å². The van der Waals surface area contributed by atoms with Gasteiger partial charge in [-0.05, 0) is 26.0 Å². The number of fused-ring (bicyclic) bond motifs is 1. The highest BCUT2D eigenvalue weighted by Gasteiger charge is 2.24. The summed E-state index contributed by atoms with van der Waals surface area (Å²) in [6, 6.07) is 4.37. The summed E-state index contributed by atoms with van der Waals surface area (Å²) in [6.07, 6.45) is 1.57. The number of nitrogens with one attached hydrogen (secondary N) is 1. The first kappa shape index (κ1) is 16.4. The van der Waals surface area contributed by atoms with Crippen LogP contribution in [0.5, 0.6) is 0 Å². The number of rotatable bonds is 5. The van der Waals surface area contributed by atoms with Gasteiger partial charge in [-0.3, -0.25) is 4.98 Å². The molecule has 0 spiro atoms. The summed E-state index contributed by atoms with van der Waals surface area (Å²) < 4.78 is 33.4. The molecule has 1 N–H and O–H groups in total. The first-order valence-corrected chi connectivity index (χ1v) is 8.70. The second kappa shape index (κ2) is 5.87. The maximum atomic E-state index is 12.7. The molecule has 0 unspecified atom stereocenters. The summed E-state index contributed by atoms with van der Waals surface area (Å²) in [4.78, 5) is 13.7. The van der Waals surface area contributed by atoms with Gasteiger partial charge in [0, 0.05) is 19.2 Å². The molecule has 3 rings (SSSR count). The Morgan fingerprint density at radius 3 is 2.83 bits per heavy atom. The molecule has 2 heterocycles. The van der Waals surface area contributed by atoms with Crippen LogP contribution < -0.4 is 5.76 Å². The van der Waals surface area contributed by atoms with Crippen molar-refractivity contribution in [3.63, 3.8) is 0 Å². The highest BCUT2D eigenvalue weighted by Crippen LogP contribution is 2.21. The van der Waals surface area contributed by atoms with E-state index in [1.54, 1.807) is 10.9 Å². The lowest BCUT2D eigenvalue weighted by Gasteiger charge is -2.18. The van der Waals surface area contributed by atoms with Crippen molar-refractivity contribution < 1.29 is 12.8 Å². The van der Waals surface area contributed by atoms with Crippen molar-refractivity contribution in [3.05, 3.63) is 40.9 Å². The monoisotopic (exact) mass is 351 g/mol. The van der Waals surface area contributed by atoms with Crippen molar-refractivity contribution in [1.82, 2.24) is 24.1 Å². The topological polar surface area (TPSA) is 114 Å². The summed E-state index contributed by atoms with van der Waals surface area (Å²) in [5.41, 5.74) is 0.640. The van der Waals surface area contributed by atoms with Crippen LogP contribution in [0, 0.1) is 0 Å². The van der Waals surface area contributed by atoms with E-state index in [2.05, 4.69) is 15.2 Å². The van der Waals surface area contributed by atoms with E-state index < -0.39 is 15.8 Å². The lowest BCUT2D eigenvalue weighted by molar-refractivity contribution is 0.436. The number of sulfonamides is 1. The van der Waals surface area contributed by atoms with Crippen molar-refractivity contribution in [1.29, 1.82) is 0 Å². The zero-order chi connectivity index (χ0) is 17.5. The quantitative estimate of drug-likeness (QED) is 0.736. The van der Waals surface area contributed by atoms with E-state index in [1.165, 1.54) is 29.6 Å². The zero-order valence-electron chi connectivity index (χ0n) is 13.4. The summed E-state index contributed by atoms with van der Waals surface area (Å²) >= 11 is 0. The number of hydrogen-bond acceptors (Lipinski definition) is 6. The molecule has 2 aromatic heterocycles. The summed E-state index contributed by atoms with van der Waals surface area (Å²) in [5.74, 6) is -0.0803. The van der Waals surface area contributed by atoms with Crippen LogP contribution in [-0.2, 0) is 16.6 Å². The van der Waals surface area contributed by atoms with Gasteiger partial charge in [0.25, 0.3) is 0 Å². The SMILES string of the molecule is CC(C)n1cnnc1CN(C)S(=O)(=O)c1ccc2[nH]c(=O)oc2c1. The summed E-state index contributed by atoms with van der Waals surface area (Å²) in [5, 5.41) is 7.81. The molecule has 0 atom stereocenters. The fourth-order valence-electron chi connectivity index (χ4n) is 2.36. The molecule has 0 bridgehead atoms. The van der Waals surface area contributed by atoms with Gasteiger partial charge in [-0.1, -0.05) is 0 Å². The van der Waals surface area contributed by atoms with Gasteiger partial charge in [0.1, 0.15) is 12.2 Å². The molecular weight excluding hydrogens is 334 g/mol. The molecule has 0 aliphatic rings. The zero-order valence-corrected chi connectivity index (χ0v) is 14.2. The molecule has 1 aromatic carbocycles. The molecular formula is C14H17N5O4S. The molecule has 0 aliphatic heterocycles. The lowest BCUT2D eigenvalue weighted by Crippen LogP contribution is -2.28. The van der Waals surface area contributed by atoms with Gasteiger partial charge in [-0.15, -0.1) is 10.2 Å². The van der Waals surface area contributed by atoms with Gasteiger partial charge < -0.3 is 8.98 Å². The summed E-state index contributed by atoms with van der Waals surface area (Å²) in [6.45, 7) is 4.00. The molecule has 0 saturated carbocycles. The Hall–Kier alpha value is -2.46. The third-order valence-corrected chi connectivity index (χ3v) is 5.47. The molecule has 9 nitrogen and oxygen atoms in total. The van der Waals surface area contributed by atoms with Crippen LogP contribution in [0.3, 0.4) is 0 Å². The Morgan fingerprint density at radius 1 is 1.38 bits per heavy atom. The Labute approximate surface area is 138 Å². The number of benzene rings is 1. The number of aromatic amines is 1. The molecule has 128 valence electrons. The Kier molecular flexibility index (Phi) is 4.01. The van der Waals surface area contributed by atoms with Crippen molar-refractivity contribution in [2.75, 3.05) is 7.05 Å². The van der Waals surface area contributed by atoms with Gasteiger partial charge in [0.05, 0.1) is 17.0 Å². The number of nitrogens with zero attached hydrogens (tertiary/aromatic N) is 4. The highest BCUT2D eigenvalue weighted by molar-refractivity contribution is 7.89. The van der Waals surface area contributed by atoms with Crippen LogP contribution in [0.4, 0.5) is 0 Å². The maximum Gasteiger partial charge on any atom is 0.417 e. The number of hydrogen-bond donors (Lipinski definition) is 1. The fraction of sp³-hybridized carbons (Fsp3) is 0.357. The minimum absolute atomic E-state index is 0.0378. The van der Waals surface area contributed by atoms with Crippen molar-refractivity contribution in [2.45, 2.75) is 31.3 Å². The Balaban J connectivity index is 1.93. The van der Waals surface area contributed by atoms with E-state index in [-0.39, 0.29) is 23.1 Å². The number of aromatic nitrogens is 4. The largest absolute Gasteiger partial charge is 0.417 e. The minimum atomic E-state index is -3.76. The number of H-pyrrole nitrogens is 1. The average Bonchev–Trinajstić information content (AvgIpc) is 3.11. The average molecular weight is 351 g/mol. The van der Waals surface area contributed by atoms with Gasteiger partial charge in [-0.2, -0.15) is 4.31 Å². The van der Waals surface area contributed by atoms with Crippen LogP contribution in [0.25, 0.3) is 11.1 Å². The first-order chi connectivity index (χ1) is 11.3. The van der Waals surface area contributed by atoms with E-state index >= 15 is 0 Å². The second-order valence-electron chi connectivity index (χ2n) is 5.68. The van der Waals surface area contributed by atoms with E-state index in [0.29, 0.717) is 11.3 Å². The lowest BCUT2D eigenvalue weighted by atomic mass is 10.3. The van der Waals surface area contributed by atoms with Crippen molar-refractivity contribution in [2.24, 2.45) is 0 Å². The van der Waals surface area contributed by atoms with Gasteiger partial charge in [0.2, 0.25) is 10.0 Å². The fourth-order valence-corrected chi connectivity index (χ4v) is 3.50. The van der Waals surface area contributed by atoms with Crippen molar-refractivity contribution >= 4 is 21.1 Å². The van der Waals surface area contributed by atoms with E-state index in [4.69, 9.17) is 4.42 Å². The van der Waals surface area contributed by atoms with Crippen LogP contribution in [-0.4, -0.2) is 39.5 Å². The van der Waals surface area contributed by atoms with Crippen LogP contribution in [0.1, 0.15) is 25.7 Å². The van der Waals surface area contributed by atoms with Crippen LogP contribution >= 0.6 is 0 Å². The van der Waals surface area contributed by atoms with Crippen LogP contribution in [0.2, 0.25) is 0 Å². The smallest absolute Gasteiger partial charge is 0.408 e. The molecule has 10 heteroatoms. The third-order valence-electron chi connectivity index (χ3n) is 3.67.